The second-order valence-electron chi connectivity index (χ2n) is 4.19. The predicted molar refractivity (Wildman–Crippen MR) is 70.6 cm³/mol. The molecule has 0 aromatic heterocycles. The largest absolute Gasteiger partial charge is 0.383 e. The molecule has 3 N–H and O–H groups in total. The Morgan fingerprint density at radius 1 is 1.24 bits per heavy atom. The van der Waals surface area contributed by atoms with Gasteiger partial charge in [-0.15, -0.1) is 0 Å². The Hall–Kier alpha value is -1.68. The number of fused-ring (bicyclic) bond motifs is 1. The van der Waals surface area contributed by atoms with Crippen LogP contribution >= 0.6 is 0 Å². The van der Waals surface area contributed by atoms with Crippen LogP contribution in [0.2, 0.25) is 0 Å². The minimum absolute atomic E-state index is 0.277. The van der Waals surface area contributed by atoms with Gasteiger partial charge in [0, 0.05) is 17.7 Å². The molecule has 17 heavy (non-hydrogen) atoms. The van der Waals surface area contributed by atoms with Gasteiger partial charge in [0.2, 0.25) is 0 Å². The van der Waals surface area contributed by atoms with E-state index in [4.69, 9.17) is 11.1 Å². The fourth-order valence-electron chi connectivity index (χ4n) is 2.06. The number of hydrogen-bond donors (Lipinski definition) is 2. The van der Waals surface area contributed by atoms with E-state index >= 15 is 0 Å². The highest BCUT2D eigenvalue weighted by Crippen LogP contribution is 2.19. The Labute approximate surface area is 102 Å². The van der Waals surface area contributed by atoms with E-state index in [0.29, 0.717) is 5.84 Å². The number of amidine groups is 2. The molecule has 0 radical (unpaired) electrons. The lowest BCUT2D eigenvalue weighted by molar-refractivity contribution is 0.296. The lowest BCUT2D eigenvalue weighted by Gasteiger charge is -2.18. The summed E-state index contributed by atoms with van der Waals surface area (Å²) in [4.78, 5) is 6.32. The smallest absolute Gasteiger partial charge is 0.154 e. The maximum absolute atomic E-state index is 7.75. The zero-order valence-corrected chi connectivity index (χ0v) is 10.3. The number of nitrogens with zero attached hydrogens (tertiary/aromatic N) is 2. The molecule has 1 aliphatic heterocycles. The molecule has 0 spiro atoms. The second-order valence-corrected chi connectivity index (χ2v) is 4.19. The van der Waals surface area contributed by atoms with Gasteiger partial charge in [-0.25, -0.2) is 4.99 Å². The van der Waals surface area contributed by atoms with Gasteiger partial charge in [0.15, 0.2) is 5.84 Å². The van der Waals surface area contributed by atoms with Gasteiger partial charge in [0.1, 0.15) is 5.84 Å². The number of hydrogen-bond acceptors (Lipinski definition) is 3. The van der Waals surface area contributed by atoms with Crippen LogP contribution in [0, 0.1) is 5.41 Å². The summed E-state index contributed by atoms with van der Waals surface area (Å²) in [6.07, 6.45) is 0. The van der Waals surface area contributed by atoms with Crippen LogP contribution in [0.4, 0.5) is 0 Å². The van der Waals surface area contributed by atoms with E-state index in [-0.39, 0.29) is 5.84 Å². The summed E-state index contributed by atoms with van der Waals surface area (Å²) in [6.45, 7) is 7.28. The lowest BCUT2D eigenvalue weighted by Crippen LogP contribution is -2.22. The molecule has 1 aromatic rings. The van der Waals surface area contributed by atoms with E-state index in [1.54, 1.807) is 0 Å². The quantitative estimate of drug-likeness (QED) is 0.824. The van der Waals surface area contributed by atoms with Crippen molar-refractivity contribution in [3.8, 4) is 0 Å². The molecule has 0 fully saturated rings. The summed E-state index contributed by atoms with van der Waals surface area (Å²) in [5.41, 5.74) is 8.69. The van der Waals surface area contributed by atoms with E-state index in [0.717, 1.165) is 30.8 Å². The van der Waals surface area contributed by atoms with Crippen LogP contribution in [-0.2, 0) is 6.54 Å². The van der Waals surface area contributed by atoms with Gasteiger partial charge in [-0.2, -0.15) is 0 Å². The zero-order valence-electron chi connectivity index (χ0n) is 10.3. The summed E-state index contributed by atoms with van der Waals surface area (Å²) in [5, 5.41) is 7.75. The van der Waals surface area contributed by atoms with Crippen molar-refractivity contribution in [2.45, 2.75) is 20.4 Å². The monoisotopic (exact) mass is 230 g/mol. The maximum atomic E-state index is 7.75. The summed E-state index contributed by atoms with van der Waals surface area (Å²) >= 11 is 0. The van der Waals surface area contributed by atoms with Crippen LogP contribution in [0.3, 0.4) is 0 Å². The van der Waals surface area contributed by atoms with Crippen LogP contribution in [-0.4, -0.2) is 29.7 Å². The Balaban J connectivity index is 2.24. The first-order chi connectivity index (χ1) is 8.15. The van der Waals surface area contributed by atoms with E-state index in [1.807, 2.05) is 12.1 Å². The minimum atomic E-state index is 0.277. The van der Waals surface area contributed by atoms with Crippen LogP contribution in [0.15, 0.2) is 23.2 Å². The first-order valence-electron chi connectivity index (χ1n) is 5.94. The van der Waals surface area contributed by atoms with Crippen molar-refractivity contribution < 1.29 is 0 Å². The molecule has 2 rings (SSSR count). The van der Waals surface area contributed by atoms with Crippen molar-refractivity contribution in [2.24, 2.45) is 10.7 Å². The molecule has 0 saturated heterocycles. The summed E-state index contributed by atoms with van der Waals surface area (Å²) in [6, 6.07) is 6.06. The average molecular weight is 230 g/mol. The Morgan fingerprint density at radius 2 is 1.94 bits per heavy atom. The van der Waals surface area contributed by atoms with Gasteiger partial charge in [-0.3, -0.25) is 10.3 Å². The van der Waals surface area contributed by atoms with Gasteiger partial charge in [-0.1, -0.05) is 26.0 Å². The summed E-state index contributed by atoms with van der Waals surface area (Å²) in [5.74, 6) is 0.735. The molecule has 1 aliphatic rings. The molecule has 0 aliphatic carbocycles. The fourth-order valence-corrected chi connectivity index (χ4v) is 2.06. The Bertz CT molecular complexity index is 472. The van der Waals surface area contributed by atoms with Crippen molar-refractivity contribution in [2.75, 3.05) is 13.1 Å². The van der Waals surface area contributed by atoms with Gasteiger partial charge in [-0.05, 0) is 24.7 Å². The number of nitrogens with one attached hydrogen (secondary N) is 1. The van der Waals surface area contributed by atoms with Crippen LogP contribution < -0.4 is 5.73 Å². The van der Waals surface area contributed by atoms with Gasteiger partial charge in [0.05, 0.1) is 0 Å². The van der Waals surface area contributed by atoms with E-state index in [9.17, 15) is 0 Å². The van der Waals surface area contributed by atoms with Crippen molar-refractivity contribution in [1.82, 2.24) is 4.90 Å². The SMILES string of the molecule is CCN(CC)Cc1ccc2c(c1)C(=N)N=C2N. The first-order valence-corrected chi connectivity index (χ1v) is 5.94. The summed E-state index contributed by atoms with van der Waals surface area (Å²) in [7, 11) is 0. The highest BCUT2D eigenvalue weighted by Gasteiger charge is 2.18. The highest BCUT2D eigenvalue weighted by molar-refractivity contribution is 6.20. The topological polar surface area (TPSA) is 65.5 Å². The molecule has 0 amide bonds. The first kappa shape index (κ1) is 11.8. The molecule has 0 unspecified atom stereocenters. The van der Waals surface area contributed by atoms with Crippen LogP contribution in [0.5, 0.6) is 0 Å². The van der Waals surface area contributed by atoms with Crippen LogP contribution in [0.1, 0.15) is 30.5 Å². The van der Waals surface area contributed by atoms with Crippen molar-refractivity contribution in [3.05, 3.63) is 34.9 Å². The molecule has 0 atom stereocenters. The Morgan fingerprint density at radius 3 is 2.59 bits per heavy atom. The number of nitrogens with two attached hydrogens (primary N) is 1. The molecule has 0 bridgehead atoms. The Kier molecular flexibility index (Phi) is 3.24. The average Bonchev–Trinajstić information content (AvgIpc) is 2.62. The molecule has 1 aromatic carbocycles. The molecule has 4 nitrogen and oxygen atoms in total. The summed E-state index contributed by atoms with van der Waals surface area (Å²) < 4.78 is 0. The normalized spacial score (nSPS) is 14.1. The number of benzene rings is 1. The van der Waals surface area contributed by atoms with E-state index in [2.05, 4.69) is 29.8 Å². The molecule has 90 valence electrons. The van der Waals surface area contributed by atoms with E-state index in [1.165, 1.54) is 5.56 Å². The molecule has 4 heteroatoms. The molecular weight excluding hydrogens is 212 g/mol. The van der Waals surface area contributed by atoms with Crippen molar-refractivity contribution in [3.63, 3.8) is 0 Å². The minimum Gasteiger partial charge on any atom is -0.383 e. The zero-order chi connectivity index (χ0) is 12.4. The number of aliphatic imine (C=N–C) groups is 1. The molecular formula is C13H18N4. The number of rotatable bonds is 4. The third kappa shape index (κ3) is 2.22. The third-order valence-electron chi connectivity index (χ3n) is 3.15. The molecule has 1 heterocycles. The van der Waals surface area contributed by atoms with Gasteiger partial charge >= 0.3 is 0 Å². The standard InChI is InChI=1S/C13H18N4/c1-3-17(4-2)8-9-5-6-10-11(7-9)13(15)16-12(10)14/h5-7H,3-4,8H2,1-2H3,(H3,14,15,16). The lowest BCUT2D eigenvalue weighted by atomic mass is 10.0. The van der Waals surface area contributed by atoms with Crippen LogP contribution in [0.25, 0.3) is 0 Å². The van der Waals surface area contributed by atoms with Gasteiger partial charge < -0.3 is 5.73 Å². The van der Waals surface area contributed by atoms with Crippen molar-refractivity contribution >= 4 is 11.7 Å². The predicted octanol–water partition coefficient (Wildman–Crippen LogP) is 1.57. The fraction of sp³-hybridized carbons (Fsp3) is 0.385. The third-order valence-corrected chi connectivity index (χ3v) is 3.15. The van der Waals surface area contributed by atoms with E-state index < -0.39 is 0 Å². The maximum Gasteiger partial charge on any atom is 0.154 e. The van der Waals surface area contributed by atoms with Gasteiger partial charge in [0.25, 0.3) is 0 Å². The molecule has 0 saturated carbocycles. The second kappa shape index (κ2) is 4.67. The highest BCUT2D eigenvalue weighted by atomic mass is 15.1. The van der Waals surface area contributed by atoms with Crippen molar-refractivity contribution in [1.29, 1.82) is 5.41 Å².